The summed E-state index contributed by atoms with van der Waals surface area (Å²) in [5.74, 6) is 2.42. The average molecular weight is 223 g/mol. The molecule has 1 N–H and O–H groups in total. The van der Waals surface area contributed by atoms with Crippen molar-refractivity contribution in [1.29, 1.82) is 0 Å². The Bertz CT molecular complexity index is 233. The molecule has 2 unspecified atom stereocenters. The first-order valence-electron chi connectivity index (χ1n) is 6.99. The lowest BCUT2D eigenvalue weighted by molar-refractivity contribution is -0.125. The van der Waals surface area contributed by atoms with Crippen LogP contribution in [0.2, 0.25) is 0 Å². The Morgan fingerprint density at radius 2 is 1.94 bits per heavy atom. The SMILES string of the molecule is CC1CCCC(C(=O)CC2CCNCC2)C1. The minimum absolute atomic E-state index is 0.402. The summed E-state index contributed by atoms with van der Waals surface area (Å²) < 4.78 is 0. The van der Waals surface area contributed by atoms with Crippen LogP contribution in [0.3, 0.4) is 0 Å². The number of hydrogen-bond donors (Lipinski definition) is 1. The molecule has 0 amide bonds. The molecule has 92 valence electrons. The third kappa shape index (κ3) is 3.31. The summed E-state index contributed by atoms with van der Waals surface area (Å²) in [4.78, 5) is 12.2. The number of carbonyl (C=O) groups is 1. The lowest BCUT2D eigenvalue weighted by Crippen LogP contribution is -2.31. The van der Waals surface area contributed by atoms with Gasteiger partial charge >= 0.3 is 0 Å². The Labute approximate surface area is 99.2 Å². The molecule has 1 saturated heterocycles. The second-order valence-corrected chi connectivity index (χ2v) is 5.83. The van der Waals surface area contributed by atoms with Gasteiger partial charge in [0.25, 0.3) is 0 Å². The summed E-state index contributed by atoms with van der Waals surface area (Å²) in [5.41, 5.74) is 0. The second kappa shape index (κ2) is 5.81. The molecule has 1 heterocycles. The fourth-order valence-electron chi connectivity index (χ4n) is 3.26. The second-order valence-electron chi connectivity index (χ2n) is 5.83. The van der Waals surface area contributed by atoms with Crippen molar-refractivity contribution >= 4 is 5.78 Å². The minimum Gasteiger partial charge on any atom is -0.317 e. The fraction of sp³-hybridized carbons (Fsp3) is 0.929. The summed E-state index contributed by atoms with van der Waals surface area (Å²) in [7, 11) is 0. The Kier molecular flexibility index (Phi) is 4.39. The standard InChI is InChI=1S/C14H25NO/c1-11-3-2-4-13(9-11)14(16)10-12-5-7-15-8-6-12/h11-13,15H,2-10H2,1H3. The molecule has 0 aromatic rings. The van der Waals surface area contributed by atoms with E-state index in [2.05, 4.69) is 12.2 Å². The third-order valence-corrected chi connectivity index (χ3v) is 4.34. The van der Waals surface area contributed by atoms with E-state index in [0.717, 1.165) is 38.3 Å². The molecule has 0 aromatic carbocycles. The molecule has 2 atom stereocenters. The lowest BCUT2D eigenvalue weighted by Gasteiger charge is -2.28. The maximum absolute atomic E-state index is 12.2. The van der Waals surface area contributed by atoms with Gasteiger partial charge in [-0.05, 0) is 50.6 Å². The van der Waals surface area contributed by atoms with Gasteiger partial charge in [-0.1, -0.05) is 19.8 Å². The van der Waals surface area contributed by atoms with Crippen molar-refractivity contribution in [3.05, 3.63) is 0 Å². The van der Waals surface area contributed by atoms with Crippen LogP contribution in [0, 0.1) is 17.8 Å². The highest BCUT2D eigenvalue weighted by Gasteiger charge is 2.27. The van der Waals surface area contributed by atoms with E-state index in [1.54, 1.807) is 0 Å². The molecule has 16 heavy (non-hydrogen) atoms. The van der Waals surface area contributed by atoms with Crippen LogP contribution in [-0.4, -0.2) is 18.9 Å². The van der Waals surface area contributed by atoms with Crippen LogP contribution in [0.1, 0.15) is 51.9 Å². The van der Waals surface area contributed by atoms with Crippen molar-refractivity contribution in [1.82, 2.24) is 5.32 Å². The monoisotopic (exact) mass is 223 g/mol. The number of ketones is 1. The number of piperidine rings is 1. The van der Waals surface area contributed by atoms with Crippen molar-refractivity contribution < 1.29 is 4.79 Å². The molecule has 1 aliphatic carbocycles. The predicted molar refractivity (Wildman–Crippen MR) is 66.3 cm³/mol. The van der Waals surface area contributed by atoms with Crippen molar-refractivity contribution in [2.45, 2.75) is 51.9 Å². The Morgan fingerprint density at radius 3 is 2.62 bits per heavy atom. The van der Waals surface area contributed by atoms with Gasteiger partial charge < -0.3 is 5.32 Å². The molecule has 0 aromatic heterocycles. The highest BCUT2D eigenvalue weighted by molar-refractivity contribution is 5.81. The van der Waals surface area contributed by atoms with Gasteiger partial charge in [0.05, 0.1) is 0 Å². The first-order valence-corrected chi connectivity index (χ1v) is 6.99. The van der Waals surface area contributed by atoms with Gasteiger partial charge in [-0.2, -0.15) is 0 Å². The molecule has 0 bridgehead atoms. The van der Waals surface area contributed by atoms with Crippen molar-refractivity contribution in [2.75, 3.05) is 13.1 Å². The zero-order valence-corrected chi connectivity index (χ0v) is 10.5. The lowest BCUT2D eigenvalue weighted by atomic mass is 9.77. The molecule has 0 radical (unpaired) electrons. The topological polar surface area (TPSA) is 29.1 Å². The normalized spacial score (nSPS) is 32.6. The minimum atomic E-state index is 0.402. The summed E-state index contributed by atoms with van der Waals surface area (Å²) in [6.07, 6.45) is 8.18. The van der Waals surface area contributed by atoms with Gasteiger partial charge in [0.1, 0.15) is 5.78 Å². The van der Waals surface area contributed by atoms with Crippen LogP contribution in [0.15, 0.2) is 0 Å². The molecule has 2 heteroatoms. The molecule has 2 rings (SSSR count). The zero-order valence-electron chi connectivity index (χ0n) is 10.5. The van der Waals surface area contributed by atoms with E-state index < -0.39 is 0 Å². The van der Waals surface area contributed by atoms with Crippen LogP contribution < -0.4 is 5.32 Å². The summed E-state index contributed by atoms with van der Waals surface area (Å²) in [5, 5.41) is 3.36. The zero-order chi connectivity index (χ0) is 11.4. The van der Waals surface area contributed by atoms with Gasteiger partial charge in [0, 0.05) is 12.3 Å². The number of nitrogens with one attached hydrogen (secondary N) is 1. The molecule has 2 aliphatic rings. The van der Waals surface area contributed by atoms with Crippen LogP contribution in [0.5, 0.6) is 0 Å². The van der Waals surface area contributed by atoms with Crippen LogP contribution in [0.4, 0.5) is 0 Å². The Hall–Kier alpha value is -0.370. The van der Waals surface area contributed by atoms with Crippen molar-refractivity contribution in [3.8, 4) is 0 Å². The number of Topliss-reactive ketones (excluding diaryl/α,β-unsaturated/α-hetero) is 1. The van der Waals surface area contributed by atoms with Gasteiger partial charge in [-0.3, -0.25) is 4.79 Å². The quantitative estimate of drug-likeness (QED) is 0.797. The summed E-state index contributed by atoms with van der Waals surface area (Å²) in [6.45, 7) is 4.52. The molecule has 2 nitrogen and oxygen atoms in total. The third-order valence-electron chi connectivity index (χ3n) is 4.34. The highest BCUT2D eigenvalue weighted by atomic mass is 16.1. The van der Waals surface area contributed by atoms with Crippen LogP contribution in [-0.2, 0) is 4.79 Å². The first-order chi connectivity index (χ1) is 7.75. The van der Waals surface area contributed by atoms with E-state index in [1.807, 2.05) is 0 Å². The number of carbonyl (C=O) groups excluding carboxylic acids is 1. The maximum atomic E-state index is 12.2. The van der Waals surface area contributed by atoms with E-state index in [9.17, 15) is 4.79 Å². The highest BCUT2D eigenvalue weighted by Crippen LogP contribution is 2.31. The van der Waals surface area contributed by atoms with Gasteiger partial charge in [0.2, 0.25) is 0 Å². The Balaban J connectivity index is 1.77. The predicted octanol–water partition coefficient (Wildman–Crippen LogP) is 2.77. The van der Waals surface area contributed by atoms with Gasteiger partial charge in [-0.25, -0.2) is 0 Å². The number of rotatable bonds is 3. The smallest absolute Gasteiger partial charge is 0.136 e. The van der Waals surface area contributed by atoms with Crippen molar-refractivity contribution in [2.24, 2.45) is 17.8 Å². The average Bonchev–Trinajstić information content (AvgIpc) is 2.30. The van der Waals surface area contributed by atoms with Crippen molar-refractivity contribution in [3.63, 3.8) is 0 Å². The molecule has 0 spiro atoms. The molecule has 1 aliphatic heterocycles. The van der Waals surface area contributed by atoms with E-state index in [0.29, 0.717) is 17.6 Å². The molecular weight excluding hydrogens is 198 g/mol. The first kappa shape index (κ1) is 12.1. The molecule has 2 fully saturated rings. The van der Waals surface area contributed by atoms with E-state index in [1.165, 1.54) is 25.7 Å². The van der Waals surface area contributed by atoms with Gasteiger partial charge in [0.15, 0.2) is 0 Å². The summed E-state index contributed by atoms with van der Waals surface area (Å²) in [6, 6.07) is 0. The van der Waals surface area contributed by atoms with Crippen LogP contribution in [0.25, 0.3) is 0 Å². The summed E-state index contributed by atoms with van der Waals surface area (Å²) >= 11 is 0. The molecule has 1 saturated carbocycles. The van der Waals surface area contributed by atoms with Gasteiger partial charge in [-0.15, -0.1) is 0 Å². The van der Waals surface area contributed by atoms with E-state index in [-0.39, 0.29) is 0 Å². The Morgan fingerprint density at radius 1 is 1.19 bits per heavy atom. The van der Waals surface area contributed by atoms with E-state index >= 15 is 0 Å². The van der Waals surface area contributed by atoms with Crippen LogP contribution >= 0.6 is 0 Å². The largest absolute Gasteiger partial charge is 0.317 e. The number of hydrogen-bond acceptors (Lipinski definition) is 2. The fourth-order valence-corrected chi connectivity index (χ4v) is 3.26. The maximum Gasteiger partial charge on any atom is 0.136 e. The molecular formula is C14H25NO. The van der Waals surface area contributed by atoms with E-state index in [4.69, 9.17) is 0 Å².